The number of hydrogen-bond donors (Lipinski definition) is 2. The van der Waals surface area contributed by atoms with E-state index in [1.165, 1.54) is 0 Å². The molecular formula is C6H6ClN3O2. The molecule has 1 rings (SSSR count). The van der Waals surface area contributed by atoms with E-state index in [0.29, 0.717) is 0 Å². The fourth-order valence-electron chi connectivity index (χ4n) is 0.713. The predicted molar refractivity (Wildman–Crippen MR) is 43.0 cm³/mol. The van der Waals surface area contributed by atoms with Crippen LogP contribution in [0.4, 0.5) is 5.95 Å². The number of nitrogens with two attached hydrogens (primary N) is 1. The van der Waals surface area contributed by atoms with Crippen LogP contribution in [0, 0.1) is 0 Å². The Morgan fingerprint density at radius 1 is 1.75 bits per heavy atom. The first kappa shape index (κ1) is 8.73. The zero-order valence-corrected chi connectivity index (χ0v) is 6.75. The molecule has 1 heterocycles. The van der Waals surface area contributed by atoms with Gasteiger partial charge >= 0.3 is 5.97 Å². The van der Waals surface area contributed by atoms with Crippen LogP contribution in [0.15, 0.2) is 6.20 Å². The molecular weight excluding hydrogens is 182 g/mol. The summed E-state index contributed by atoms with van der Waals surface area (Å²) in [5.74, 6) is -1.07. The summed E-state index contributed by atoms with van der Waals surface area (Å²) in [6.07, 6.45) is 1.14. The van der Waals surface area contributed by atoms with Gasteiger partial charge in [-0.05, 0) is 0 Å². The Labute approximate surface area is 73.2 Å². The van der Waals surface area contributed by atoms with Crippen LogP contribution in [0.3, 0.4) is 0 Å². The number of carboxylic acid groups (broad SMARTS) is 1. The van der Waals surface area contributed by atoms with Crippen LogP contribution in [0.25, 0.3) is 0 Å². The number of alkyl halides is 1. The Morgan fingerprint density at radius 3 is 2.92 bits per heavy atom. The van der Waals surface area contributed by atoms with Crippen molar-refractivity contribution in [1.29, 1.82) is 0 Å². The number of anilines is 1. The van der Waals surface area contributed by atoms with Crippen molar-refractivity contribution in [3.8, 4) is 0 Å². The number of nitrogen functional groups attached to an aromatic ring is 1. The third kappa shape index (κ3) is 1.62. The number of carboxylic acids is 1. The minimum atomic E-state index is -1.11. The lowest BCUT2D eigenvalue weighted by Crippen LogP contribution is -2.07. The molecule has 0 aromatic carbocycles. The number of nitrogens with zero attached hydrogens (tertiary/aromatic N) is 2. The van der Waals surface area contributed by atoms with E-state index < -0.39 is 5.97 Å². The molecule has 0 fully saturated rings. The predicted octanol–water partition coefficient (Wildman–Crippen LogP) is 0.496. The summed E-state index contributed by atoms with van der Waals surface area (Å²) in [6.45, 7) is 0. The summed E-state index contributed by atoms with van der Waals surface area (Å²) in [5, 5.41) is 8.61. The molecule has 0 radical (unpaired) electrons. The van der Waals surface area contributed by atoms with Gasteiger partial charge in [-0.2, -0.15) is 0 Å². The number of carbonyl (C=O) groups is 1. The number of halogens is 1. The van der Waals surface area contributed by atoms with Gasteiger partial charge in [-0.15, -0.1) is 11.6 Å². The zero-order valence-electron chi connectivity index (χ0n) is 5.99. The third-order valence-corrected chi connectivity index (χ3v) is 1.50. The van der Waals surface area contributed by atoms with Gasteiger partial charge in [-0.1, -0.05) is 0 Å². The fourth-order valence-corrected chi connectivity index (χ4v) is 0.917. The average Bonchev–Trinajstić information content (AvgIpc) is 2.03. The molecule has 1 aromatic rings. The topological polar surface area (TPSA) is 89.1 Å². The molecule has 3 N–H and O–H groups in total. The summed E-state index contributed by atoms with van der Waals surface area (Å²) in [4.78, 5) is 17.7. The minimum absolute atomic E-state index is 0.00829. The maximum Gasteiger partial charge on any atom is 0.339 e. The van der Waals surface area contributed by atoms with Gasteiger partial charge in [-0.25, -0.2) is 14.8 Å². The number of aromatic nitrogens is 2. The van der Waals surface area contributed by atoms with E-state index in [-0.39, 0.29) is 23.1 Å². The number of hydrogen-bond acceptors (Lipinski definition) is 4. The van der Waals surface area contributed by atoms with Crippen LogP contribution in [-0.2, 0) is 5.88 Å². The SMILES string of the molecule is Nc1ncc(C(=O)O)c(CCl)n1. The molecule has 0 aliphatic rings. The van der Waals surface area contributed by atoms with E-state index in [1.807, 2.05) is 0 Å². The van der Waals surface area contributed by atoms with Crippen molar-refractivity contribution in [3.63, 3.8) is 0 Å². The molecule has 0 saturated carbocycles. The second kappa shape index (κ2) is 3.36. The van der Waals surface area contributed by atoms with E-state index in [4.69, 9.17) is 22.4 Å². The maximum absolute atomic E-state index is 10.5. The monoisotopic (exact) mass is 187 g/mol. The average molecular weight is 188 g/mol. The molecule has 0 aliphatic heterocycles. The third-order valence-electron chi connectivity index (χ3n) is 1.24. The normalized spacial score (nSPS) is 9.75. The van der Waals surface area contributed by atoms with Gasteiger partial charge < -0.3 is 10.8 Å². The Morgan fingerprint density at radius 2 is 2.42 bits per heavy atom. The summed E-state index contributed by atoms with van der Waals surface area (Å²) in [6, 6.07) is 0. The van der Waals surface area contributed by atoms with Crippen molar-refractivity contribution in [1.82, 2.24) is 9.97 Å². The highest BCUT2D eigenvalue weighted by Gasteiger charge is 2.11. The van der Waals surface area contributed by atoms with Crippen molar-refractivity contribution in [3.05, 3.63) is 17.5 Å². The summed E-state index contributed by atoms with van der Waals surface area (Å²) in [5.41, 5.74) is 5.45. The van der Waals surface area contributed by atoms with E-state index in [0.717, 1.165) is 6.20 Å². The molecule has 0 aliphatic carbocycles. The molecule has 6 heteroatoms. The molecule has 0 spiro atoms. The van der Waals surface area contributed by atoms with E-state index in [1.54, 1.807) is 0 Å². The molecule has 0 saturated heterocycles. The number of rotatable bonds is 2. The van der Waals surface area contributed by atoms with Crippen LogP contribution in [0.1, 0.15) is 16.1 Å². The first-order valence-electron chi connectivity index (χ1n) is 3.05. The van der Waals surface area contributed by atoms with Crippen LogP contribution < -0.4 is 5.73 Å². The van der Waals surface area contributed by atoms with Crippen molar-refractivity contribution in [2.75, 3.05) is 5.73 Å². The van der Waals surface area contributed by atoms with Crippen molar-refractivity contribution in [2.45, 2.75) is 5.88 Å². The molecule has 64 valence electrons. The molecule has 5 nitrogen and oxygen atoms in total. The van der Waals surface area contributed by atoms with Crippen LogP contribution in [-0.4, -0.2) is 21.0 Å². The van der Waals surface area contributed by atoms with Crippen molar-refractivity contribution >= 4 is 23.5 Å². The van der Waals surface area contributed by atoms with Crippen LogP contribution in [0.2, 0.25) is 0 Å². The largest absolute Gasteiger partial charge is 0.478 e. The molecule has 0 amide bonds. The van der Waals surface area contributed by atoms with Crippen LogP contribution in [0.5, 0.6) is 0 Å². The van der Waals surface area contributed by atoms with Gasteiger partial charge in [0.15, 0.2) is 0 Å². The van der Waals surface area contributed by atoms with Gasteiger partial charge in [-0.3, -0.25) is 0 Å². The van der Waals surface area contributed by atoms with Crippen molar-refractivity contribution in [2.24, 2.45) is 0 Å². The molecule has 1 aromatic heterocycles. The summed E-state index contributed by atoms with van der Waals surface area (Å²) >= 11 is 5.44. The van der Waals surface area contributed by atoms with E-state index >= 15 is 0 Å². The molecule has 0 bridgehead atoms. The van der Waals surface area contributed by atoms with E-state index in [9.17, 15) is 4.79 Å². The van der Waals surface area contributed by atoms with E-state index in [2.05, 4.69) is 9.97 Å². The minimum Gasteiger partial charge on any atom is -0.478 e. The lowest BCUT2D eigenvalue weighted by atomic mass is 10.2. The van der Waals surface area contributed by atoms with Gasteiger partial charge in [0.1, 0.15) is 5.56 Å². The molecule has 0 atom stereocenters. The van der Waals surface area contributed by atoms with Gasteiger partial charge in [0.25, 0.3) is 0 Å². The van der Waals surface area contributed by atoms with Gasteiger partial charge in [0.05, 0.1) is 11.6 Å². The smallest absolute Gasteiger partial charge is 0.339 e. The first-order chi connectivity index (χ1) is 5.65. The highest BCUT2D eigenvalue weighted by Crippen LogP contribution is 2.08. The molecule has 12 heavy (non-hydrogen) atoms. The van der Waals surface area contributed by atoms with Crippen molar-refractivity contribution < 1.29 is 9.90 Å². The fraction of sp³-hybridized carbons (Fsp3) is 0.167. The highest BCUT2D eigenvalue weighted by molar-refractivity contribution is 6.17. The zero-order chi connectivity index (χ0) is 9.14. The second-order valence-corrected chi connectivity index (χ2v) is 2.29. The lowest BCUT2D eigenvalue weighted by molar-refractivity contribution is 0.0695. The standard InChI is InChI=1S/C6H6ClN3O2/c7-1-4-3(5(11)12)2-9-6(8)10-4/h2H,1H2,(H,11,12)(H2,8,9,10). The Kier molecular flexibility index (Phi) is 2.44. The van der Waals surface area contributed by atoms with Crippen LogP contribution >= 0.6 is 11.6 Å². The Hall–Kier alpha value is -1.36. The number of aromatic carboxylic acids is 1. The molecule has 0 unspecified atom stereocenters. The Balaban J connectivity index is 3.20. The maximum atomic E-state index is 10.5. The summed E-state index contributed by atoms with van der Waals surface area (Å²) < 4.78 is 0. The van der Waals surface area contributed by atoms with Gasteiger partial charge in [0, 0.05) is 6.20 Å². The summed E-state index contributed by atoms with van der Waals surface area (Å²) in [7, 11) is 0. The lowest BCUT2D eigenvalue weighted by Gasteiger charge is -2.00. The quantitative estimate of drug-likeness (QED) is 0.658. The second-order valence-electron chi connectivity index (χ2n) is 2.03. The first-order valence-corrected chi connectivity index (χ1v) is 3.59. The van der Waals surface area contributed by atoms with Gasteiger partial charge in [0.2, 0.25) is 5.95 Å². The highest BCUT2D eigenvalue weighted by atomic mass is 35.5. The Bertz CT molecular complexity index is 316.